The Balaban J connectivity index is 1.51. The molecule has 3 heterocycles. The van der Waals surface area contributed by atoms with E-state index in [9.17, 15) is 9.59 Å². The third-order valence-corrected chi connectivity index (χ3v) is 6.36. The van der Waals surface area contributed by atoms with E-state index in [-0.39, 0.29) is 17.7 Å². The van der Waals surface area contributed by atoms with Crippen LogP contribution < -0.4 is 10.2 Å². The highest BCUT2D eigenvalue weighted by Gasteiger charge is 2.48. The average Bonchev–Trinajstić information content (AvgIpc) is 3.23. The van der Waals surface area contributed by atoms with Gasteiger partial charge in [0.05, 0.1) is 23.9 Å². The maximum atomic E-state index is 13.6. The van der Waals surface area contributed by atoms with Crippen molar-refractivity contribution in [2.24, 2.45) is 11.8 Å². The van der Waals surface area contributed by atoms with Crippen molar-refractivity contribution in [2.75, 3.05) is 43.1 Å². The maximum Gasteiger partial charge on any atom is 0.252 e. The number of fused-ring (bicyclic) bond motifs is 1. The predicted octanol–water partition coefficient (Wildman–Crippen LogP) is 2.89. The molecule has 1 unspecified atom stereocenters. The second kappa shape index (κ2) is 7.74. The van der Waals surface area contributed by atoms with E-state index < -0.39 is 5.54 Å². The molecule has 4 rings (SSSR count). The molecule has 152 valence electrons. The summed E-state index contributed by atoms with van der Waals surface area (Å²) in [5, 5.41) is 3.55. The molecule has 0 aromatic heterocycles. The van der Waals surface area contributed by atoms with Gasteiger partial charge in [-0.25, -0.2) is 0 Å². The van der Waals surface area contributed by atoms with Crippen molar-refractivity contribution < 1.29 is 14.3 Å². The van der Waals surface area contributed by atoms with E-state index in [1.165, 1.54) is 0 Å². The minimum absolute atomic E-state index is 0.00710. The molecule has 0 aliphatic carbocycles. The molecule has 1 spiro atoms. The third kappa shape index (κ3) is 3.50. The lowest BCUT2D eigenvalue weighted by molar-refractivity contribution is -0.139. The van der Waals surface area contributed by atoms with Crippen LogP contribution in [-0.2, 0) is 14.3 Å². The lowest BCUT2D eigenvalue weighted by Crippen LogP contribution is -2.62. The molecule has 0 bridgehead atoms. The Kier molecular flexibility index (Phi) is 5.32. The van der Waals surface area contributed by atoms with Gasteiger partial charge in [-0.15, -0.1) is 0 Å². The number of hydrogen-bond donors (Lipinski definition) is 1. The normalized spacial score (nSPS) is 23.8. The Morgan fingerprint density at radius 2 is 2.04 bits per heavy atom. The molecule has 1 aromatic rings. The summed E-state index contributed by atoms with van der Waals surface area (Å²) < 4.78 is 5.37. The Hall–Kier alpha value is -2.08. The van der Waals surface area contributed by atoms with Crippen LogP contribution in [0.2, 0.25) is 0 Å². The van der Waals surface area contributed by atoms with Gasteiger partial charge in [-0.05, 0) is 43.7 Å². The minimum atomic E-state index is -0.603. The van der Waals surface area contributed by atoms with E-state index in [4.69, 9.17) is 4.74 Å². The van der Waals surface area contributed by atoms with Crippen molar-refractivity contribution in [3.05, 3.63) is 24.3 Å². The van der Waals surface area contributed by atoms with Crippen LogP contribution in [0.15, 0.2) is 24.3 Å². The lowest BCUT2D eigenvalue weighted by Gasteiger charge is -2.48. The van der Waals surface area contributed by atoms with E-state index in [1.807, 2.05) is 28.0 Å². The molecule has 0 saturated carbocycles. The highest BCUT2D eigenvalue weighted by molar-refractivity contribution is 6.08. The van der Waals surface area contributed by atoms with Gasteiger partial charge in [0.15, 0.2) is 0 Å². The summed E-state index contributed by atoms with van der Waals surface area (Å²) in [5.41, 5.74) is 1.39. The molecule has 6 nitrogen and oxygen atoms in total. The minimum Gasteiger partial charge on any atom is -0.381 e. The molecule has 3 aliphatic heterocycles. The second-order valence-electron chi connectivity index (χ2n) is 8.75. The van der Waals surface area contributed by atoms with Crippen LogP contribution in [0.5, 0.6) is 0 Å². The molecular weight excluding hydrogens is 354 g/mol. The molecule has 0 radical (unpaired) electrons. The number of nitrogens with zero attached hydrogens (tertiary/aromatic N) is 2. The molecule has 3 aliphatic rings. The van der Waals surface area contributed by atoms with Gasteiger partial charge in [0, 0.05) is 26.2 Å². The summed E-state index contributed by atoms with van der Waals surface area (Å²) in [6, 6.07) is 8.07. The number of carbonyl (C=O) groups is 2. The predicted molar refractivity (Wildman–Crippen MR) is 109 cm³/mol. The van der Waals surface area contributed by atoms with Gasteiger partial charge < -0.3 is 19.9 Å². The van der Waals surface area contributed by atoms with E-state index in [2.05, 4.69) is 25.2 Å². The summed E-state index contributed by atoms with van der Waals surface area (Å²) in [6.45, 7) is 7.56. The Bertz CT molecular complexity index is 734. The first-order valence-corrected chi connectivity index (χ1v) is 10.6. The van der Waals surface area contributed by atoms with Gasteiger partial charge in [0.25, 0.3) is 5.91 Å². The molecule has 28 heavy (non-hydrogen) atoms. The van der Waals surface area contributed by atoms with Crippen molar-refractivity contribution in [3.8, 4) is 0 Å². The first kappa shape index (κ1) is 19.2. The van der Waals surface area contributed by atoms with Crippen LogP contribution >= 0.6 is 0 Å². The van der Waals surface area contributed by atoms with Crippen LogP contribution in [-0.4, -0.2) is 55.1 Å². The zero-order chi connectivity index (χ0) is 19.7. The van der Waals surface area contributed by atoms with Crippen LogP contribution in [0.4, 0.5) is 11.4 Å². The number of amides is 2. The quantitative estimate of drug-likeness (QED) is 0.866. The standard InChI is InChI=1S/C22H31N3O3/c1-16(2)7-11-25-19-6-4-3-5-18(19)23-22(21(25)27)9-12-24(13-10-22)20(26)17-8-14-28-15-17/h3-6,16-17,23H,7-15H2,1-2H3. The third-order valence-electron chi connectivity index (χ3n) is 6.36. The van der Waals surface area contributed by atoms with Crippen LogP contribution in [0, 0.1) is 11.8 Å². The smallest absolute Gasteiger partial charge is 0.252 e. The van der Waals surface area contributed by atoms with Gasteiger partial charge >= 0.3 is 0 Å². The molecule has 6 heteroatoms. The molecule has 1 N–H and O–H groups in total. The van der Waals surface area contributed by atoms with Gasteiger partial charge in [-0.2, -0.15) is 0 Å². The number of likely N-dealkylation sites (tertiary alicyclic amines) is 1. The Labute approximate surface area is 167 Å². The first-order valence-electron chi connectivity index (χ1n) is 10.6. The number of carbonyl (C=O) groups excluding carboxylic acids is 2. The molecule has 2 amide bonds. The number of hydrogen-bond acceptors (Lipinski definition) is 4. The number of anilines is 2. The number of nitrogens with one attached hydrogen (secondary N) is 1. The average molecular weight is 386 g/mol. The molecule has 2 saturated heterocycles. The summed E-state index contributed by atoms with van der Waals surface area (Å²) in [5.74, 6) is 0.877. The molecule has 2 fully saturated rings. The number of rotatable bonds is 4. The fourth-order valence-corrected chi connectivity index (χ4v) is 4.54. The summed E-state index contributed by atoms with van der Waals surface area (Å²) >= 11 is 0. The zero-order valence-corrected chi connectivity index (χ0v) is 16.9. The van der Waals surface area contributed by atoms with Crippen molar-refractivity contribution in [1.82, 2.24) is 4.90 Å². The summed E-state index contributed by atoms with van der Waals surface area (Å²) in [4.78, 5) is 30.2. The number of piperidine rings is 1. The fourth-order valence-electron chi connectivity index (χ4n) is 4.54. The van der Waals surface area contributed by atoms with Crippen molar-refractivity contribution in [2.45, 2.75) is 45.1 Å². The van der Waals surface area contributed by atoms with Gasteiger partial charge in [0.1, 0.15) is 5.54 Å². The number of ether oxygens (including phenoxy) is 1. The van der Waals surface area contributed by atoms with Crippen LogP contribution in [0.25, 0.3) is 0 Å². The first-order chi connectivity index (χ1) is 13.5. The van der Waals surface area contributed by atoms with Gasteiger partial charge in [-0.1, -0.05) is 26.0 Å². The maximum absolute atomic E-state index is 13.6. The highest BCUT2D eigenvalue weighted by atomic mass is 16.5. The van der Waals surface area contributed by atoms with E-state index in [0.717, 1.165) is 30.8 Å². The van der Waals surface area contributed by atoms with Gasteiger partial charge in [0.2, 0.25) is 5.91 Å². The van der Waals surface area contributed by atoms with Crippen LogP contribution in [0.1, 0.15) is 39.5 Å². The van der Waals surface area contributed by atoms with Gasteiger partial charge in [-0.3, -0.25) is 9.59 Å². The summed E-state index contributed by atoms with van der Waals surface area (Å²) in [6.07, 6.45) is 3.09. The topological polar surface area (TPSA) is 61.9 Å². The molecule has 1 atom stereocenters. The van der Waals surface area contributed by atoms with Crippen molar-refractivity contribution in [1.29, 1.82) is 0 Å². The van der Waals surface area contributed by atoms with Crippen molar-refractivity contribution >= 4 is 23.2 Å². The zero-order valence-electron chi connectivity index (χ0n) is 16.9. The van der Waals surface area contributed by atoms with E-state index in [1.54, 1.807) is 0 Å². The fraction of sp³-hybridized carbons (Fsp3) is 0.636. The lowest BCUT2D eigenvalue weighted by atomic mass is 9.83. The van der Waals surface area contributed by atoms with E-state index in [0.29, 0.717) is 45.1 Å². The SMILES string of the molecule is CC(C)CCN1C(=O)C2(CCN(C(=O)C3CCOC3)CC2)Nc2ccccc21. The Morgan fingerprint density at radius 1 is 1.29 bits per heavy atom. The van der Waals surface area contributed by atoms with Crippen molar-refractivity contribution in [3.63, 3.8) is 0 Å². The second-order valence-corrected chi connectivity index (χ2v) is 8.75. The molecular formula is C22H31N3O3. The largest absolute Gasteiger partial charge is 0.381 e. The summed E-state index contributed by atoms with van der Waals surface area (Å²) in [7, 11) is 0. The number of para-hydroxylation sites is 2. The Morgan fingerprint density at radius 3 is 2.71 bits per heavy atom. The monoisotopic (exact) mass is 385 g/mol. The van der Waals surface area contributed by atoms with E-state index >= 15 is 0 Å². The molecule has 1 aromatic carbocycles. The van der Waals surface area contributed by atoms with Crippen LogP contribution in [0.3, 0.4) is 0 Å². The highest BCUT2D eigenvalue weighted by Crippen LogP contribution is 2.40. The number of benzene rings is 1.